The zero-order valence-electron chi connectivity index (χ0n) is 16.4. The number of nitrogens with zero attached hydrogens (tertiary/aromatic N) is 3. The van der Waals surface area contributed by atoms with Gasteiger partial charge in [0.25, 0.3) is 0 Å². The SMILES string of the molecule is COc1ccc(-c2nc(CC(=O)NCCc3ncc4ccccn34)c(C)o2)cc1. The Kier molecular flexibility index (Phi) is 5.29. The van der Waals surface area contributed by atoms with Crippen molar-refractivity contribution in [3.8, 4) is 17.2 Å². The largest absolute Gasteiger partial charge is 0.497 e. The zero-order chi connectivity index (χ0) is 20.2. The van der Waals surface area contributed by atoms with Crippen LogP contribution in [0.5, 0.6) is 5.75 Å². The van der Waals surface area contributed by atoms with Crippen molar-refractivity contribution in [3.63, 3.8) is 0 Å². The molecule has 0 saturated carbocycles. The number of aromatic nitrogens is 3. The van der Waals surface area contributed by atoms with Crippen LogP contribution in [-0.2, 0) is 17.6 Å². The molecule has 0 spiro atoms. The van der Waals surface area contributed by atoms with Gasteiger partial charge in [0.15, 0.2) is 0 Å². The Morgan fingerprint density at radius 3 is 2.83 bits per heavy atom. The van der Waals surface area contributed by atoms with E-state index in [0.29, 0.717) is 30.3 Å². The summed E-state index contributed by atoms with van der Waals surface area (Å²) >= 11 is 0. The van der Waals surface area contributed by atoms with Gasteiger partial charge in [0.2, 0.25) is 11.8 Å². The van der Waals surface area contributed by atoms with Crippen LogP contribution in [0.3, 0.4) is 0 Å². The van der Waals surface area contributed by atoms with Crippen LogP contribution in [0.1, 0.15) is 17.3 Å². The molecule has 3 heterocycles. The number of methoxy groups -OCH3 is 1. The smallest absolute Gasteiger partial charge is 0.226 e. The minimum absolute atomic E-state index is 0.0939. The van der Waals surface area contributed by atoms with Crippen LogP contribution in [0, 0.1) is 6.92 Å². The predicted molar refractivity (Wildman–Crippen MR) is 109 cm³/mol. The topological polar surface area (TPSA) is 81.7 Å². The second-order valence-electron chi connectivity index (χ2n) is 6.70. The zero-order valence-corrected chi connectivity index (χ0v) is 16.4. The van der Waals surface area contributed by atoms with Gasteiger partial charge in [-0.1, -0.05) is 6.07 Å². The van der Waals surface area contributed by atoms with Crippen molar-refractivity contribution in [1.29, 1.82) is 0 Å². The van der Waals surface area contributed by atoms with E-state index in [0.717, 1.165) is 22.7 Å². The number of hydrogen-bond donors (Lipinski definition) is 1. The first kappa shape index (κ1) is 18.7. The van der Waals surface area contributed by atoms with E-state index >= 15 is 0 Å². The minimum Gasteiger partial charge on any atom is -0.497 e. The Bertz CT molecular complexity index is 1130. The Morgan fingerprint density at radius 1 is 1.21 bits per heavy atom. The number of carbonyl (C=O) groups excluding carboxylic acids is 1. The van der Waals surface area contributed by atoms with Crippen LogP contribution in [0.25, 0.3) is 17.0 Å². The van der Waals surface area contributed by atoms with E-state index in [1.165, 1.54) is 0 Å². The maximum absolute atomic E-state index is 12.3. The number of fused-ring (bicyclic) bond motifs is 1. The number of oxazole rings is 1. The number of rotatable bonds is 7. The summed E-state index contributed by atoms with van der Waals surface area (Å²) in [6, 6.07) is 13.4. The molecule has 7 nitrogen and oxygen atoms in total. The third kappa shape index (κ3) is 4.13. The quantitative estimate of drug-likeness (QED) is 0.524. The van der Waals surface area contributed by atoms with Crippen LogP contribution in [-0.4, -0.2) is 33.9 Å². The molecule has 1 amide bonds. The van der Waals surface area contributed by atoms with E-state index in [2.05, 4.69) is 15.3 Å². The molecule has 1 aromatic carbocycles. The van der Waals surface area contributed by atoms with E-state index < -0.39 is 0 Å². The number of pyridine rings is 1. The van der Waals surface area contributed by atoms with E-state index in [9.17, 15) is 4.79 Å². The van der Waals surface area contributed by atoms with Gasteiger partial charge < -0.3 is 18.9 Å². The minimum atomic E-state index is -0.0939. The standard InChI is InChI=1S/C22H22N4O3/c1-15-19(25-22(29-15)16-6-8-18(28-2)9-7-16)13-21(27)23-11-10-20-24-14-17-5-3-4-12-26(17)20/h3-9,12,14H,10-11,13H2,1-2H3,(H,23,27). The fourth-order valence-electron chi connectivity index (χ4n) is 3.16. The number of ether oxygens (including phenoxy) is 1. The molecular formula is C22H22N4O3. The van der Waals surface area contributed by atoms with Gasteiger partial charge in [0, 0.05) is 24.7 Å². The van der Waals surface area contributed by atoms with Crippen molar-refractivity contribution in [2.45, 2.75) is 19.8 Å². The maximum atomic E-state index is 12.3. The van der Waals surface area contributed by atoms with Gasteiger partial charge in [0.1, 0.15) is 17.3 Å². The second kappa shape index (κ2) is 8.18. The second-order valence-corrected chi connectivity index (χ2v) is 6.70. The summed E-state index contributed by atoms with van der Waals surface area (Å²) in [6.07, 6.45) is 4.63. The fourth-order valence-corrected chi connectivity index (χ4v) is 3.16. The van der Waals surface area contributed by atoms with Gasteiger partial charge in [0.05, 0.1) is 30.9 Å². The molecule has 0 unspecified atom stereocenters. The summed E-state index contributed by atoms with van der Waals surface area (Å²) in [4.78, 5) is 21.3. The molecule has 0 bridgehead atoms. The molecule has 4 rings (SSSR count). The predicted octanol–water partition coefficient (Wildman–Crippen LogP) is 3.21. The third-order valence-corrected chi connectivity index (χ3v) is 4.74. The van der Waals surface area contributed by atoms with Gasteiger partial charge >= 0.3 is 0 Å². The molecule has 148 valence electrons. The molecule has 0 aliphatic carbocycles. The summed E-state index contributed by atoms with van der Waals surface area (Å²) in [7, 11) is 1.62. The molecule has 7 heteroatoms. The van der Waals surface area contributed by atoms with Crippen LogP contribution in [0.2, 0.25) is 0 Å². The van der Waals surface area contributed by atoms with Crippen LogP contribution < -0.4 is 10.1 Å². The van der Waals surface area contributed by atoms with Crippen LogP contribution in [0.15, 0.2) is 59.3 Å². The van der Waals surface area contributed by atoms with Crippen LogP contribution in [0.4, 0.5) is 0 Å². The van der Waals surface area contributed by atoms with E-state index in [-0.39, 0.29) is 12.3 Å². The number of benzene rings is 1. The lowest BCUT2D eigenvalue weighted by molar-refractivity contribution is -0.120. The summed E-state index contributed by atoms with van der Waals surface area (Å²) < 4.78 is 12.9. The van der Waals surface area contributed by atoms with Crippen LogP contribution >= 0.6 is 0 Å². The molecule has 0 radical (unpaired) electrons. The maximum Gasteiger partial charge on any atom is 0.226 e. The van der Waals surface area contributed by atoms with Gasteiger partial charge in [-0.15, -0.1) is 0 Å². The van der Waals surface area contributed by atoms with Gasteiger partial charge in [-0.2, -0.15) is 0 Å². The van der Waals surface area contributed by atoms with Gasteiger partial charge in [-0.3, -0.25) is 4.79 Å². The van der Waals surface area contributed by atoms with E-state index in [1.807, 2.05) is 66.2 Å². The molecule has 0 fully saturated rings. The molecule has 3 aromatic heterocycles. The Hall–Kier alpha value is -3.61. The lowest BCUT2D eigenvalue weighted by Gasteiger charge is -2.04. The van der Waals surface area contributed by atoms with Crippen molar-refractivity contribution in [2.75, 3.05) is 13.7 Å². The number of amides is 1. The lowest BCUT2D eigenvalue weighted by atomic mass is 10.2. The first-order valence-corrected chi connectivity index (χ1v) is 9.42. The highest BCUT2D eigenvalue weighted by Gasteiger charge is 2.15. The number of imidazole rings is 1. The first-order chi connectivity index (χ1) is 14.1. The third-order valence-electron chi connectivity index (χ3n) is 4.74. The molecular weight excluding hydrogens is 368 g/mol. The molecule has 1 N–H and O–H groups in total. The molecule has 0 aliphatic rings. The summed E-state index contributed by atoms with van der Waals surface area (Å²) in [6.45, 7) is 2.33. The fraction of sp³-hybridized carbons (Fsp3) is 0.227. The number of aryl methyl sites for hydroxylation is 1. The first-order valence-electron chi connectivity index (χ1n) is 9.42. The Labute approximate surface area is 168 Å². The summed E-state index contributed by atoms with van der Waals surface area (Å²) in [5, 5.41) is 2.93. The average molecular weight is 390 g/mol. The van der Waals surface area contributed by atoms with Crippen molar-refractivity contribution in [1.82, 2.24) is 19.7 Å². The highest BCUT2D eigenvalue weighted by Crippen LogP contribution is 2.24. The molecule has 29 heavy (non-hydrogen) atoms. The average Bonchev–Trinajstić information content (AvgIpc) is 3.32. The number of hydrogen-bond acceptors (Lipinski definition) is 5. The Balaban J connectivity index is 1.35. The molecule has 0 aliphatic heterocycles. The molecule has 4 aromatic rings. The highest BCUT2D eigenvalue weighted by atomic mass is 16.5. The van der Waals surface area contributed by atoms with E-state index in [1.54, 1.807) is 7.11 Å². The highest BCUT2D eigenvalue weighted by molar-refractivity contribution is 5.78. The summed E-state index contributed by atoms with van der Waals surface area (Å²) in [5.41, 5.74) is 2.52. The Morgan fingerprint density at radius 2 is 2.03 bits per heavy atom. The lowest BCUT2D eigenvalue weighted by Crippen LogP contribution is -2.28. The monoisotopic (exact) mass is 390 g/mol. The van der Waals surface area contributed by atoms with Crippen molar-refractivity contribution in [2.24, 2.45) is 0 Å². The van der Waals surface area contributed by atoms with Crippen molar-refractivity contribution in [3.05, 3.63) is 72.1 Å². The summed E-state index contributed by atoms with van der Waals surface area (Å²) in [5.74, 6) is 2.73. The molecule has 0 atom stereocenters. The number of carbonyl (C=O) groups is 1. The van der Waals surface area contributed by atoms with Crippen molar-refractivity contribution < 1.29 is 13.9 Å². The normalized spacial score (nSPS) is 11.0. The van der Waals surface area contributed by atoms with Gasteiger partial charge in [-0.25, -0.2) is 9.97 Å². The van der Waals surface area contributed by atoms with Gasteiger partial charge in [-0.05, 0) is 43.3 Å². The van der Waals surface area contributed by atoms with E-state index in [4.69, 9.17) is 9.15 Å². The number of nitrogens with one attached hydrogen (secondary N) is 1. The van der Waals surface area contributed by atoms with Crippen molar-refractivity contribution >= 4 is 11.4 Å². The molecule has 0 saturated heterocycles.